The second-order valence-electron chi connectivity index (χ2n) is 3.10. The van der Waals surface area contributed by atoms with Crippen LogP contribution in [-0.4, -0.2) is 24.0 Å². The van der Waals surface area contributed by atoms with Crippen molar-refractivity contribution in [3.8, 4) is 11.2 Å². The van der Waals surface area contributed by atoms with E-state index in [0.717, 1.165) is 12.6 Å². The van der Waals surface area contributed by atoms with Gasteiger partial charge in [0.15, 0.2) is 0 Å². The lowest BCUT2D eigenvalue weighted by Crippen LogP contribution is -2.37. The number of hydrogen-bond acceptors (Lipinski definition) is 2. The monoisotopic (exact) mass is 169 g/mol. The second kappa shape index (κ2) is 4.69. The molecule has 0 aromatic heterocycles. The molecule has 0 spiro atoms. The Kier molecular flexibility index (Phi) is 3.82. The molecule has 1 heterocycles. The van der Waals surface area contributed by atoms with E-state index in [9.17, 15) is 0 Å². The largest absolute Gasteiger partial charge is 0.290 e. The van der Waals surface area contributed by atoms with Crippen LogP contribution in [0.15, 0.2) is 0 Å². The maximum Gasteiger partial charge on any atom is 0.0612 e. The molecule has 11 heavy (non-hydrogen) atoms. The first-order valence-corrected chi connectivity index (χ1v) is 4.65. The Morgan fingerprint density at radius 3 is 3.00 bits per heavy atom. The number of piperidine rings is 1. The molecule has 1 saturated heterocycles. The molecule has 0 aromatic rings. The number of nitrogens with zero attached hydrogens (tertiary/aromatic N) is 1. The summed E-state index contributed by atoms with van der Waals surface area (Å²) in [6.07, 6.45) is 4.04. The van der Waals surface area contributed by atoms with E-state index < -0.39 is 0 Å². The fraction of sp³-hybridized carbons (Fsp3) is 0.778. The molecule has 1 aliphatic heterocycles. The van der Waals surface area contributed by atoms with E-state index in [-0.39, 0.29) is 0 Å². The van der Waals surface area contributed by atoms with Gasteiger partial charge in [0.2, 0.25) is 0 Å². The van der Waals surface area contributed by atoms with Gasteiger partial charge in [-0.1, -0.05) is 25.0 Å². The van der Waals surface area contributed by atoms with Crippen molar-refractivity contribution >= 4 is 12.6 Å². The maximum absolute atomic E-state index is 3.86. The molecule has 1 aliphatic rings. The van der Waals surface area contributed by atoms with Crippen molar-refractivity contribution in [1.82, 2.24) is 4.90 Å². The molecule has 2 heteroatoms. The Labute approximate surface area is 74.6 Å². The van der Waals surface area contributed by atoms with Gasteiger partial charge in [0, 0.05) is 6.04 Å². The van der Waals surface area contributed by atoms with Crippen molar-refractivity contribution in [3.63, 3.8) is 0 Å². The SMILES string of the molecule is CC1CCCCN1CC#CS. The molecule has 0 bridgehead atoms. The zero-order chi connectivity index (χ0) is 8.10. The molecule has 0 N–H and O–H groups in total. The van der Waals surface area contributed by atoms with Crippen molar-refractivity contribution in [1.29, 1.82) is 0 Å². The van der Waals surface area contributed by atoms with Gasteiger partial charge < -0.3 is 0 Å². The van der Waals surface area contributed by atoms with Gasteiger partial charge >= 0.3 is 0 Å². The molecule has 62 valence electrons. The maximum atomic E-state index is 3.86. The fourth-order valence-corrected chi connectivity index (χ4v) is 1.60. The number of hydrogen-bond donors (Lipinski definition) is 1. The summed E-state index contributed by atoms with van der Waals surface area (Å²) >= 11 is 3.86. The van der Waals surface area contributed by atoms with E-state index >= 15 is 0 Å². The summed E-state index contributed by atoms with van der Waals surface area (Å²) in [5.74, 6) is 2.99. The van der Waals surface area contributed by atoms with Crippen molar-refractivity contribution < 1.29 is 0 Å². The Bertz CT molecular complexity index is 168. The van der Waals surface area contributed by atoms with E-state index in [0.29, 0.717) is 0 Å². The molecule has 1 unspecified atom stereocenters. The highest BCUT2D eigenvalue weighted by Gasteiger charge is 2.16. The van der Waals surface area contributed by atoms with Crippen molar-refractivity contribution in [3.05, 3.63) is 0 Å². The van der Waals surface area contributed by atoms with Gasteiger partial charge in [0.25, 0.3) is 0 Å². The van der Waals surface area contributed by atoms with E-state index in [1.54, 1.807) is 0 Å². The summed E-state index contributed by atoms with van der Waals surface area (Å²) in [6, 6.07) is 0.720. The number of thiol groups is 1. The van der Waals surface area contributed by atoms with Crippen LogP contribution in [0.1, 0.15) is 26.2 Å². The van der Waals surface area contributed by atoms with Gasteiger partial charge in [-0.15, -0.1) is 0 Å². The van der Waals surface area contributed by atoms with Crippen LogP contribution in [0.3, 0.4) is 0 Å². The average Bonchev–Trinajstić information content (AvgIpc) is 2.03. The Hall–Kier alpha value is -0.130. The van der Waals surface area contributed by atoms with Crippen LogP contribution >= 0.6 is 12.6 Å². The highest BCUT2D eigenvalue weighted by atomic mass is 32.1. The average molecular weight is 169 g/mol. The van der Waals surface area contributed by atoms with Crippen LogP contribution in [0, 0.1) is 11.2 Å². The standard InChI is InChI=1S/C9H15NS/c1-9-5-2-3-6-10(9)7-4-8-11/h9,11H,2-3,5-7H2,1H3. The smallest absolute Gasteiger partial charge is 0.0612 e. The molecule has 0 radical (unpaired) electrons. The van der Waals surface area contributed by atoms with Crippen LogP contribution in [0.2, 0.25) is 0 Å². The Balaban J connectivity index is 2.33. The minimum absolute atomic E-state index is 0.720. The summed E-state index contributed by atoms with van der Waals surface area (Å²) in [4.78, 5) is 2.42. The zero-order valence-corrected chi connectivity index (χ0v) is 7.90. The van der Waals surface area contributed by atoms with Gasteiger partial charge in [-0.3, -0.25) is 4.90 Å². The van der Waals surface area contributed by atoms with Crippen LogP contribution in [0.25, 0.3) is 0 Å². The van der Waals surface area contributed by atoms with Crippen LogP contribution in [-0.2, 0) is 0 Å². The van der Waals surface area contributed by atoms with Crippen molar-refractivity contribution in [2.75, 3.05) is 13.1 Å². The Morgan fingerprint density at radius 2 is 2.36 bits per heavy atom. The van der Waals surface area contributed by atoms with E-state index in [1.165, 1.54) is 25.8 Å². The summed E-state index contributed by atoms with van der Waals surface area (Å²) in [5.41, 5.74) is 0. The lowest BCUT2D eigenvalue weighted by molar-refractivity contribution is 0.182. The third kappa shape index (κ3) is 2.76. The summed E-state index contributed by atoms with van der Waals surface area (Å²) in [5, 5.41) is 2.64. The second-order valence-corrected chi connectivity index (χ2v) is 3.33. The summed E-state index contributed by atoms with van der Waals surface area (Å²) in [6.45, 7) is 4.38. The highest BCUT2D eigenvalue weighted by molar-refractivity contribution is 7.85. The lowest BCUT2D eigenvalue weighted by Gasteiger charge is -2.31. The molecular formula is C9H15NS. The van der Waals surface area contributed by atoms with Crippen LogP contribution < -0.4 is 0 Å². The minimum atomic E-state index is 0.720. The van der Waals surface area contributed by atoms with Gasteiger partial charge in [-0.05, 0) is 31.6 Å². The molecular weight excluding hydrogens is 154 g/mol. The van der Waals surface area contributed by atoms with E-state index in [2.05, 4.69) is 35.6 Å². The lowest BCUT2D eigenvalue weighted by atomic mass is 10.0. The minimum Gasteiger partial charge on any atom is -0.290 e. The quantitative estimate of drug-likeness (QED) is 0.462. The molecule has 0 saturated carbocycles. The third-order valence-corrected chi connectivity index (χ3v) is 2.46. The first-order valence-electron chi connectivity index (χ1n) is 4.20. The van der Waals surface area contributed by atoms with E-state index in [1.807, 2.05) is 0 Å². The normalized spacial score (nSPS) is 25.8. The van der Waals surface area contributed by atoms with Crippen molar-refractivity contribution in [2.24, 2.45) is 0 Å². The van der Waals surface area contributed by atoms with Gasteiger partial charge in [0.1, 0.15) is 0 Å². The van der Waals surface area contributed by atoms with Crippen molar-refractivity contribution in [2.45, 2.75) is 32.2 Å². The van der Waals surface area contributed by atoms with E-state index in [4.69, 9.17) is 0 Å². The van der Waals surface area contributed by atoms with Crippen LogP contribution in [0.4, 0.5) is 0 Å². The van der Waals surface area contributed by atoms with Gasteiger partial charge in [-0.25, -0.2) is 0 Å². The fourth-order valence-electron chi connectivity index (χ4n) is 1.53. The molecule has 0 aromatic carbocycles. The zero-order valence-electron chi connectivity index (χ0n) is 7.01. The topological polar surface area (TPSA) is 3.24 Å². The molecule has 1 atom stereocenters. The summed E-state index contributed by atoms with van der Waals surface area (Å²) in [7, 11) is 0. The van der Waals surface area contributed by atoms with Gasteiger partial charge in [0.05, 0.1) is 6.54 Å². The predicted octanol–water partition coefficient (Wildman–Crippen LogP) is 1.75. The molecule has 1 nitrogen and oxygen atoms in total. The van der Waals surface area contributed by atoms with Crippen LogP contribution in [0.5, 0.6) is 0 Å². The first-order chi connectivity index (χ1) is 5.34. The number of likely N-dealkylation sites (tertiary alicyclic amines) is 1. The molecule has 0 amide bonds. The number of rotatable bonds is 1. The highest BCUT2D eigenvalue weighted by Crippen LogP contribution is 2.15. The summed E-state index contributed by atoms with van der Waals surface area (Å²) < 4.78 is 0. The molecule has 0 aliphatic carbocycles. The Morgan fingerprint density at radius 1 is 1.55 bits per heavy atom. The first kappa shape index (κ1) is 8.96. The third-order valence-electron chi connectivity index (χ3n) is 2.30. The van der Waals surface area contributed by atoms with Gasteiger partial charge in [-0.2, -0.15) is 0 Å². The molecule has 1 fully saturated rings. The predicted molar refractivity (Wildman–Crippen MR) is 51.6 cm³/mol. The molecule has 1 rings (SSSR count).